The fourth-order valence-electron chi connectivity index (χ4n) is 2.29. The van der Waals surface area contributed by atoms with E-state index in [4.69, 9.17) is 9.47 Å². The fraction of sp³-hybridized carbons (Fsp3) is 0.294. The highest BCUT2D eigenvalue weighted by Gasteiger charge is 2.22. The first-order chi connectivity index (χ1) is 12.8. The molecular weight excluding hydrogens is 387 g/mol. The fourth-order valence-corrected chi connectivity index (χ4v) is 3.39. The lowest BCUT2D eigenvalue weighted by atomic mass is 10.1. The van der Waals surface area contributed by atoms with Crippen LogP contribution in [0, 0.1) is 5.82 Å². The Morgan fingerprint density at radius 1 is 1.04 bits per heavy atom. The highest BCUT2D eigenvalue weighted by Crippen LogP contribution is 2.31. The molecule has 0 unspecified atom stereocenters. The van der Waals surface area contributed by atoms with Crippen LogP contribution in [-0.4, -0.2) is 35.8 Å². The number of alkyl halides is 2. The van der Waals surface area contributed by atoms with Crippen molar-refractivity contribution >= 4 is 10.0 Å². The van der Waals surface area contributed by atoms with Crippen LogP contribution in [0.4, 0.5) is 13.2 Å². The quantitative estimate of drug-likeness (QED) is 0.694. The van der Waals surface area contributed by atoms with Crippen molar-refractivity contribution in [1.82, 2.24) is 4.72 Å². The molecule has 1 N–H and O–H groups in total. The first-order valence-electron chi connectivity index (χ1n) is 7.71. The molecule has 0 amide bonds. The van der Waals surface area contributed by atoms with Gasteiger partial charge in [-0.1, -0.05) is 12.1 Å². The van der Waals surface area contributed by atoms with Crippen molar-refractivity contribution in [2.45, 2.75) is 17.9 Å². The highest BCUT2D eigenvalue weighted by atomic mass is 32.2. The van der Waals surface area contributed by atoms with E-state index in [-0.39, 0.29) is 30.2 Å². The summed E-state index contributed by atoms with van der Waals surface area (Å²) < 4.78 is 79.4. The average Bonchev–Trinajstić information content (AvgIpc) is 2.62. The van der Waals surface area contributed by atoms with Crippen molar-refractivity contribution in [2.75, 3.05) is 20.8 Å². The number of rotatable bonds is 9. The lowest BCUT2D eigenvalue weighted by molar-refractivity contribution is -0.0498. The summed E-state index contributed by atoms with van der Waals surface area (Å²) in [5, 5.41) is 0. The normalized spacial score (nSPS) is 11.5. The second kappa shape index (κ2) is 8.96. The molecule has 2 rings (SSSR count). The van der Waals surface area contributed by atoms with E-state index in [1.807, 2.05) is 0 Å². The molecule has 2 aromatic rings. The minimum absolute atomic E-state index is 0.00160. The van der Waals surface area contributed by atoms with Crippen LogP contribution in [0.15, 0.2) is 41.3 Å². The molecule has 0 saturated carbocycles. The number of sulfonamides is 1. The molecule has 148 valence electrons. The van der Waals surface area contributed by atoms with E-state index in [9.17, 15) is 21.6 Å². The predicted molar refractivity (Wildman–Crippen MR) is 91.5 cm³/mol. The van der Waals surface area contributed by atoms with Crippen LogP contribution >= 0.6 is 0 Å². The van der Waals surface area contributed by atoms with Crippen LogP contribution in [0.3, 0.4) is 0 Å². The van der Waals surface area contributed by atoms with Crippen LogP contribution in [0.25, 0.3) is 0 Å². The monoisotopic (exact) mass is 405 g/mol. The topological polar surface area (TPSA) is 73.9 Å². The van der Waals surface area contributed by atoms with Gasteiger partial charge in [0.25, 0.3) is 0 Å². The van der Waals surface area contributed by atoms with Crippen molar-refractivity contribution in [3.63, 3.8) is 0 Å². The number of halogens is 3. The molecule has 0 saturated heterocycles. The van der Waals surface area contributed by atoms with Crippen molar-refractivity contribution < 1.29 is 35.8 Å². The van der Waals surface area contributed by atoms with Gasteiger partial charge in [0.2, 0.25) is 10.0 Å². The smallest absolute Gasteiger partial charge is 0.387 e. The molecule has 0 aliphatic rings. The molecule has 2 aromatic carbocycles. The Bertz CT molecular complexity index is 873. The summed E-state index contributed by atoms with van der Waals surface area (Å²) in [6, 6.07) is 7.72. The number of nitrogens with one attached hydrogen (secondary N) is 1. The molecule has 10 heteroatoms. The second-order valence-electron chi connectivity index (χ2n) is 5.31. The molecular formula is C17H18F3NO5S. The summed E-state index contributed by atoms with van der Waals surface area (Å²) in [5.41, 5.74) is 0.687. The summed E-state index contributed by atoms with van der Waals surface area (Å²) in [6.45, 7) is -2.94. The van der Waals surface area contributed by atoms with Gasteiger partial charge in [0, 0.05) is 18.7 Å². The zero-order valence-corrected chi connectivity index (χ0v) is 15.4. The van der Waals surface area contributed by atoms with Crippen LogP contribution in [0.5, 0.6) is 17.2 Å². The first kappa shape index (κ1) is 20.8. The number of ether oxygens (including phenoxy) is 3. The van der Waals surface area contributed by atoms with E-state index < -0.39 is 27.3 Å². The molecule has 27 heavy (non-hydrogen) atoms. The molecule has 0 radical (unpaired) electrons. The Labute approximate surface area is 154 Å². The van der Waals surface area contributed by atoms with Gasteiger partial charge in [0.05, 0.1) is 14.2 Å². The summed E-state index contributed by atoms with van der Waals surface area (Å²) in [6.07, 6.45) is 0.267. The molecule has 0 bridgehead atoms. The molecule has 0 aromatic heterocycles. The summed E-state index contributed by atoms with van der Waals surface area (Å²) in [5.74, 6) is -0.829. The Morgan fingerprint density at radius 2 is 1.63 bits per heavy atom. The van der Waals surface area contributed by atoms with Gasteiger partial charge in [0.1, 0.15) is 16.5 Å². The van der Waals surface area contributed by atoms with Gasteiger partial charge in [-0.2, -0.15) is 8.78 Å². The number of methoxy groups -OCH3 is 2. The van der Waals surface area contributed by atoms with Gasteiger partial charge in [-0.15, -0.1) is 0 Å². The van der Waals surface area contributed by atoms with Gasteiger partial charge in [-0.3, -0.25) is 0 Å². The third-order valence-electron chi connectivity index (χ3n) is 3.58. The Balaban J connectivity index is 2.05. The maximum Gasteiger partial charge on any atom is 0.387 e. The van der Waals surface area contributed by atoms with E-state index in [0.717, 1.165) is 12.1 Å². The Kier molecular flexibility index (Phi) is 6.92. The molecule has 0 spiro atoms. The second-order valence-corrected chi connectivity index (χ2v) is 7.04. The number of benzene rings is 2. The van der Waals surface area contributed by atoms with E-state index >= 15 is 0 Å². The van der Waals surface area contributed by atoms with Gasteiger partial charge >= 0.3 is 6.61 Å². The molecule has 0 fully saturated rings. The van der Waals surface area contributed by atoms with Crippen molar-refractivity contribution in [3.8, 4) is 17.2 Å². The van der Waals surface area contributed by atoms with Crippen LogP contribution in [0.1, 0.15) is 5.56 Å². The lowest BCUT2D eigenvalue weighted by Crippen LogP contribution is -2.27. The minimum atomic E-state index is -4.13. The third-order valence-corrected chi connectivity index (χ3v) is 5.06. The van der Waals surface area contributed by atoms with E-state index in [2.05, 4.69) is 9.46 Å². The molecule has 0 atom stereocenters. The van der Waals surface area contributed by atoms with Crippen LogP contribution in [-0.2, 0) is 16.4 Å². The predicted octanol–water partition coefficient (Wildman–Crippen LogP) is 2.97. The molecule has 0 aliphatic carbocycles. The van der Waals surface area contributed by atoms with Crippen molar-refractivity contribution in [3.05, 3.63) is 47.8 Å². The summed E-state index contributed by atoms with van der Waals surface area (Å²) in [4.78, 5) is -0.569. The Hall–Kier alpha value is -2.46. The zero-order valence-electron chi connectivity index (χ0n) is 14.5. The van der Waals surface area contributed by atoms with Gasteiger partial charge < -0.3 is 14.2 Å². The van der Waals surface area contributed by atoms with E-state index in [1.54, 1.807) is 0 Å². The third kappa shape index (κ3) is 5.51. The van der Waals surface area contributed by atoms with Crippen LogP contribution in [0.2, 0.25) is 0 Å². The highest BCUT2D eigenvalue weighted by molar-refractivity contribution is 7.89. The maximum atomic E-state index is 14.1. The number of hydrogen-bond donors (Lipinski definition) is 1. The van der Waals surface area contributed by atoms with Crippen molar-refractivity contribution in [1.29, 1.82) is 0 Å². The van der Waals surface area contributed by atoms with Crippen molar-refractivity contribution in [2.24, 2.45) is 0 Å². The molecule has 0 aliphatic heterocycles. The largest absolute Gasteiger partial charge is 0.493 e. The molecule has 6 nitrogen and oxygen atoms in total. The van der Waals surface area contributed by atoms with E-state index in [1.165, 1.54) is 38.5 Å². The standard InChI is InChI=1S/C17H18F3NO5S/c1-24-14-9-13(18)16(10-15(14)25-2)27(22,23)21-8-7-11-3-5-12(6-4-11)26-17(19)20/h3-6,9-10,17,21H,7-8H2,1-2H3. The first-order valence-corrected chi connectivity index (χ1v) is 9.20. The lowest BCUT2D eigenvalue weighted by Gasteiger charge is -2.12. The Morgan fingerprint density at radius 3 is 2.19 bits per heavy atom. The zero-order chi connectivity index (χ0) is 20.0. The minimum Gasteiger partial charge on any atom is -0.493 e. The van der Waals surface area contributed by atoms with E-state index in [0.29, 0.717) is 5.56 Å². The van der Waals surface area contributed by atoms with Gasteiger partial charge in [-0.25, -0.2) is 17.5 Å². The summed E-state index contributed by atoms with van der Waals surface area (Å²) in [7, 11) is -1.51. The number of hydrogen-bond acceptors (Lipinski definition) is 5. The average molecular weight is 405 g/mol. The molecule has 0 heterocycles. The summed E-state index contributed by atoms with van der Waals surface area (Å²) >= 11 is 0. The van der Waals surface area contributed by atoms with Gasteiger partial charge in [0.15, 0.2) is 11.5 Å². The van der Waals surface area contributed by atoms with Gasteiger partial charge in [-0.05, 0) is 24.1 Å². The van der Waals surface area contributed by atoms with Crippen LogP contribution < -0.4 is 18.9 Å². The SMILES string of the molecule is COc1cc(F)c(S(=O)(=O)NCCc2ccc(OC(F)F)cc2)cc1OC. The maximum absolute atomic E-state index is 14.1.